The number of rotatable bonds is 8. The molecule has 1 aliphatic heterocycles. The van der Waals surface area contributed by atoms with Crippen molar-refractivity contribution in [3.05, 3.63) is 0 Å². The normalized spacial score (nSPS) is 25.9. The van der Waals surface area contributed by atoms with Crippen molar-refractivity contribution in [2.24, 2.45) is 17.6 Å². The van der Waals surface area contributed by atoms with Gasteiger partial charge in [0.2, 0.25) is 0 Å². The number of nitrogens with two attached hydrogens (primary N) is 1. The van der Waals surface area contributed by atoms with E-state index < -0.39 is 0 Å². The molecule has 2 nitrogen and oxygen atoms in total. The van der Waals surface area contributed by atoms with Gasteiger partial charge in [-0.05, 0) is 57.0 Å². The molecule has 0 aromatic heterocycles. The Hall–Kier alpha value is -0.0800. The topological polar surface area (TPSA) is 29.3 Å². The summed E-state index contributed by atoms with van der Waals surface area (Å²) in [5.41, 5.74) is 6.52. The number of likely N-dealkylation sites (tertiary alicyclic amines) is 1. The zero-order valence-electron chi connectivity index (χ0n) is 14.5. The molecule has 0 saturated carbocycles. The Balaban J connectivity index is 2.70. The van der Waals surface area contributed by atoms with Crippen molar-refractivity contribution in [1.29, 1.82) is 0 Å². The smallest absolute Gasteiger partial charge is 0.0331 e. The van der Waals surface area contributed by atoms with E-state index in [1.165, 1.54) is 64.5 Å². The van der Waals surface area contributed by atoms with E-state index in [1.807, 2.05) is 0 Å². The average Bonchev–Trinajstić information content (AvgIpc) is 2.71. The van der Waals surface area contributed by atoms with E-state index in [9.17, 15) is 0 Å². The van der Waals surface area contributed by atoms with Crippen molar-refractivity contribution < 1.29 is 0 Å². The largest absolute Gasteiger partial charge is 0.329 e. The fraction of sp³-hybridized carbons (Fsp3) is 1.00. The Morgan fingerprint density at radius 2 is 1.95 bits per heavy atom. The summed E-state index contributed by atoms with van der Waals surface area (Å²) >= 11 is 0. The predicted octanol–water partition coefficient (Wildman–Crippen LogP) is 4.43. The van der Waals surface area contributed by atoms with Crippen LogP contribution in [-0.2, 0) is 0 Å². The molecule has 0 spiro atoms. The Morgan fingerprint density at radius 1 is 1.20 bits per heavy atom. The first kappa shape index (κ1) is 18.0. The highest BCUT2D eigenvalue weighted by Gasteiger charge is 2.35. The van der Waals surface area contributed by atoms with Crippen molar-refractivity contribution >= 4 is 0 Å². The molecular weight excluding hydrogens is 244 g/mol. The second-order valence-corrected chi connectivity index (χ2v) is 7.07. The molecule has 1 aliphatic rings. The van der Waals surface area contributed by atoms with Crippen molar-refractivity contribution in [3.8, 4) is 0 Å². The van der Waals surface area contributed by atoms with Crippen LogP contribution in [0.5, 0.6) is 0 Å². The van der Waals surface area contributed by atoms with Crippen LogP contribution in [0.15, 0.2) is 0 Å². The molecule has 3 atom stereocenters. The fourth-order valence-corrected chi connectivity index (χ4v) is 3.98. The lowest BCUT2D eigenvalue weighted by atomic mass is 9.82. The minimum absolute atomic E-state index is 0.260. The maximum absolute atomic E-state index is 6.25. The molecule has 3 unspecified atom stereocenters. The van der Waals surface area contributed by atoms with E-state index in [4.69, 9.17) is 5.73 Å². The summed E-state index contributed by atoms with van der Waals surface area (Å²) in [6.45, 7) is 12.7. The maximum Gasteiger partial charge on any atom is 0.0331 e. The van der Waals surface area contributed by atoms with Crippen LogP contribution in [0.2, 0.25) is 0 Å². The van der Waals surface area contributed by atoms with E-state index in [0.717, 1.165) is 18.4 Å². The Morgan fingerprint density at radius 3 is 2.50 bits per heavy atom. The first-order chi connectivity index (χ1) is 9.61. The lowest BCUT2D eigenvalue weighted by Gasteiger charge is -2.44. The minimum Gasteiger partial charge on any atom is -0.329 e. The molecule has 0 amide bonds. The molecular formula is C18H38N2. The van der Waals surface area contributed by atoms with Gasteiger partial charge >= 0.3 is 0 Å². The van der Waals surface area contributed by atoms with E-state index in [2.05, 4.69) is 32.6 Å². The number of hydrogen-bond donors (Lipinski definition) is 1. The molecule has 1 rings (SSSR count). The van der Waals surface area contributed by atoms with Crippen LogP contribution in [0.4, 0.5) is 0 Å². The van der Waals surface area contributed by atoms with Gasteiger partial charge in [-0.3, -0.25) is 4.90 Å². The van der Waals surface area contributed by atoms with Crippen molar-refractivity contribution in [3.63, 3.8) is 0 Å². The first-order valence-corrected chi connectivity index (χ1v) is 9.06. The molecule has 2 heteroatoms. The molecule has 120 valence electrons. The summed E-state index contributed by atoms with van der Waals surface area (Å²) < 4.78 is 0. The lowest BCUT2D eigenvalue weighted by molar-refractivity contribution is 0.0679. The lowest BCUT2D eigenvalue weighted by Crippen LogP contribution is -2.54. The SMILES string of the molecule is CCCC1CCCN(C(CC)(CN)CC(C)CC)CC1. The highest BCUT2D eigenvalue weighted by molar-refractivity contribution is 4.93. The van der Waals surface area contributed by atoms with Crippen LogP contribution in [0.25, 0.3) is 0 Å². The van der Waals surface area contributed by atoms with Crippen LogP contribution in [0, 0.1) is 11.8 Å². The second kappa shape index (κ2) is 9.04. The van der Waals surface area contributed by atoms with Crippen LogP contribution in [-0.4, -0.2) is 30.1 Å². The molecule has 20 heavy (non-hydrogen) atoms. The van der Waals surface area contributed by atoms with Gasteiger partial charge in [0.05, 0.1) is 0 Å². The van der Waals surface area contributed by atoms with Gasteiger partial charge < -0.3 is 5.73 Å². The summed E-state index contributed by atoms with van der Waals surface area (Å²) in [5.74, 6) is 1.74. The van der Waals surface area contributed by atoms with E-state index in [0.29, 0.717) is 0 Å². The van der Waals surface area contributed by atoms with Gasteiger partial charge in [0.25, 0.3) is 0 Å². The van der Waals surface area contributed by atoms with Gasteiger partial charge in [-0.1, -0.05) is 47.0 Å². The van der Waals surface area contributed by atoms with E-state index >= 15 is 0 Å². The molecule has 1 saturated heterocycles. The molecule has 0 bridgehead atoms. The van der Waals surface area contributed by atoms with Gasteiger partial charge in [-0.15, -0.1) is 0 Å². The molecule has 2 N–H and O–H groups in total. The first-order valence-electron chi connectivity index (χ1n) is 9.06. The van der Waals surface area contributed by atoms with Gasteiger partial charge in [-0.25, -0.2) is 0 Å². The summed E-state index contributed by atoms with van der Waals surface area (Å²) in [7, 11) is 0. The summed E-state index contributed by atoms with van der Waals surface area (Å²) in [6, 6.07) is 0. The molecule has 0 radical (unpaired) electrons. The summed E-state index contributed by atoms with van der Waals surface area (Å²) in [5, 5.41) is 0. The zero-order chi connectivity index (χ0) is 15.0. The van der Waals surface area contributed by atoms with Gasteiger partial charge in [0.15, 0.2) is 0 Å². The van der Waals surface area contributed by atoms with Crippen molar-refractivity contribution in [2.45, 2.75) is 84.6 Å². The Labute approximate surface area is 127 Å². The van der Waals surface area contributed by atoms with Gasteiger partial charge in [0, 0.05) is 12.1 Å². The average molecular weight is 283 g/mol. The summed E-state index contributed by atoms with van der Waals surface area (Å²) in [6.07, 6.45) is 10.7. The standard InChI is InChI=1S/C18H38N2/c1-5-9-17-10-8-12-20(13-11-17)18(7-3,15-19)14-16(4)6-2/h16-17H,5-15,19H2,1-4H3. The molecule has 1 heterocycles. The van der Waals surface area contributed by atoms with Crippen molar-refractivity contribution in [2.75, 3.05) is 19.6 Å². The fourth-order valence-electron chi connectivity index (χ4n) is 3.98. The molecule has 0 aromatic carbocycles. The number of nitrogens with zero attached hydrogens (tertiary/aromatic N) is 1. The predicted molar refractivity (Wildman–Crippen MR) is 90.0 cm³/mol. The molecule has 0 aromatic rings. The zero-order valence-corrected chi connectivity index (χ0v) is 14.5. The van der Waals surface area contributed by atoms with Gasteiger partial charge in [0.1, 0.15) is 0 Å². The maximum atomic E-state index is 6.25. The Kier molecular flexibility index (Phi) is 8.13. The van der Waals surface area contributed by atoms with Crippen LogP contribution < -0.4 is 5.73 Å². The third-order valence-corrected chi connectivity index (χ3v) is 5.68. The molecule has 0 aliphatic carbocycles. The third-order valence-electron chi connectivity index (χ3n) is 5.68. The van der Waals surface area contributed by atoms with E-state index in [1.54, 1.807) is 0 Å². The van der Waals surface area contributed by atoms with Gasteiger partial charge in [-0.2, -0.15) is 0 Å². The van der Waals surface area contributed by atoms with Crippen LogP contribution >= 0.6 is 0 Å². The highest BCUT2D eigenvalue weighted by Crippen LogP contribution is 2.32. The third kappa shape index (κ3) is 4.73. The molecule has 1 fully saturated rings. The Bertz CT molecular complexity index is 248. The van der Waals surface area contributed by atoms with Crippen LogP contribution in [0.1, 0.15) is 79.1 Å². The van der Waals surface area contributed by atoms with Crippen molar-refractivity contribution in [1.82, 2.24) is 4.90 Å². The monoisotopic (exact) mass is 282 g/mol. The minimum atomic E-state index is 0.260. The highest BCUT2D eigenvalue weighted by atomic mass is 15.2. The quantitative estimate of drug-likeness (QED) is 0.713. The number of hydrogen-bond acceptors (Lipinski definition) is 2. The second-order valence-electron chi connectivity index (χ2n) is 7.07. The summed E-state index contributed by atoms with van der Waals surface area (Å²) in [4.78, 5) is 2.76. The van der Waals surface area contributed by atoms with Crippen LogP contribution in [0.3, 0.4) is 0 Å². The van der Waals surface area contributed by atoms with E-state index in [-0.39, 0.29) is 5.54 Å².